The van der Waals surface area contributed by atoms with Crippen LogP contribution in [-0.4, -0.2) is 10.2 Å². The zero-order chi connectivity index (χ0) is 7.23. The fourth-order valence-corrected chi connectivity index (χ4v) is 2.02. The van der Waals surface area contributed by atoms with Gasteiger partial charge in [0.2, 0.25) is 0 Å². The molecule has 10 heavy (non-hydrogen) atoms. The first kappa shape index (κ1) is 8.06. The van der Waals surface area contributed by atoms with Crippen molar-refractivity contribution in [2.75, 3.05) is 0 Å². The molecule has 0 aromatic heterocycles. The molecule has 0 aliphatic heterocycles. The van der Waals surface area contributed by atoms with E-state index in [0.29, 0.717) is 0 Å². The third kappa shape index (κ3) is 2.69. The van der Waals surface area contributed by atoms with Gasteiger partial charge in [-0.3, -0.25) is 0 Å². The molecule has 0 aromatic rings. The monoisotopic (exact) mass is 154 g/mol. The SMILES string of the molecule is [SiH3]CCCC1CC=CCC1. The van der Waals surface area contributed by atoms with E-state index in [1.165, 1.54) is 48.4 Å². The van der Waals surface area contributed by atoms with E-state index in [1.54, 1.807) is 0 Å². The molecule has 1 heteroatoms. The van der Waals surface area contributed by atoms with Gasteiger partial charge in [-0.2, -0.15) is 0 Å². The number of rotatable bonds is 3. The highest BCUT2D eigenvalue weighted by molar-refractivity contribution is 6.08. The van der Waals surface area contributed by atoms with Gasteiger partial charge in [-0.25, -0.2) is 0 Å². The Bertz CT molecular complexity index is 107. The van der Waals surface area contributed by atoms with Crippen molar-refractivity contribution in [3.05, 3.63) is 12.2 Å². The van der Waals surface area contributed by atoms with Crippen molar-refractivity contribution in [2.24, 2.45) is 5.92 Å². The van der Waals surface area contributed by atoms with Gasteiger partial charge in [0.25, 0.3) is 0 Å². The van der Waals surface area contributed by atoms with E-state index in [9.17, 15) is 0 Å². The summed E-state index contributed by atoms with van der Waals surface area (Å²) in [4.78, 5) is 0. The second-order valence-corrected chi connectivity index (χ2v) is 4.29. The van der Waals surface area contributed by atoms with Crippen LogP contribution in [0.4, 0.5) is 0 Å². The van der Waals surface area contributed by atoms with E-state index < -0.39 is 0 Å². The zero-order valence-electron chi connectivity index (χ0n) is 6.97. The van der Waals surface area contributed by atoms with E-state index in [1.807, 2.05) is 0 Å². The van der Waals surface area contributed by atoms with Crippen molar-refractivity contribution in [1.29, 1.82) is 0 Å². The molecule has 1 aliphatic rings. The minimum absolute atomic E-state index is 1.04. The predicted octanol–water partition coefficient (Wildman–Crippen LogP) is 1.91. The molecule has 0 nitrogen and oxygen atoms in total. The molecule has 0 radical (unpaired) electrons. The van der Waals surface area contributed by atoms with Crippen LogP contribution >= 0.6 is 0 Å². The van der Waals surface area contributed by atoms with Crippen LogP contribution in [0.5, 0.6) is 0 Å². The first-order valence-corrected chi connectivity index (χ1v) is 6.00. The molecule has 58 valence electrons. The summed E-state index contributed by atoms with van der Waals surface area (Å²) >= 11 is 0. The zero-order valence-corrected chi connectivity index (χ0v) is 8.97. The quantitative estimate of drug-likeness (QED) is 0.430. The first-order chi connectivity index (χ1) is 4.93. The summed E-state index contributed by atoms with van der Waals surface area (Å²) in [6, 6.07) is 1.50. The summed E-state index contributed by atoms with van der Waals surface area (Å²) in [5, 5.41) is 0. The molecule has 0 fully saturated rings. The minimum atomic E-state index is 1.04. The number of hydrogen-bond acceptors (Lipinski definition) is 0. The fraction of sp³-hybridized carbons (Fsp3) is 0.778. The van der Waals surface area contributed by atoms with Crippen molar-refractivity contribution >= 4 is 10.2 Å². The lowest BCUT2D eigenvalue weighted by Gasteiger charge is -2.16. The van der Waals surface area contributed by atoms with Crippen molar-refractivity contribution in [3.63, 3.8) is 0 Å². The maximum Gasteiger partial charge on any atom is 0.00279 e. The Hall–Kier alpha value is -0.0431. The van der Waals surface area contributed by atoms with Gasteiger partial charge in [0, 0.05) is 10.2 Å². The van der Waals surface area contributed by atoms with Gasteiger partial charge in [-0.15, -0.1) is 0 Å². The molecule has 0 N–H and O–H groups in total. The molecule has 0 amide bonds. The average molecular weight is 154 g/mol. The second kappa shape index (κ2) is 4.72. The number of hydrogen-bond donors (Lipinski definition) is 0. The molecule has 1 unspecified atom stereocenters. The molecule has 0 bridgehead atoms. The molecule has 1 atom stereocenters. The molecular weight excluding hydrogens is 136 g/mol. The van der Waals surface area contributed by atoms with Gasteiger partial charge in [0.1, 0.15) is 0 Å². The lowest BCUT2D eigenvalue weighted by molar-refractivity contribution is 0.441. The molecular formula is C9H18Si. The maximum absolute atomic E-state index is 2.36. The normalized spacial score (nSPS) is 25.4. The standard InChI is InChI=1S/C9H18Si/c10-8-4-7-9-5-2-1-3-6-9/h1-2,9H,3-8H2,10H3. The van der Waals surface area contributed by atoms with Gasteiger partial charge in [-0.1, -0.05) is 31.0 Å². The van der Waals surface area contributed by atoms with Crippen LogP contribution in [0.2, 0.25) is 6.04 Å². The summed E-state index contributed by atoms with van der Waals surface area (Å²) in [7, 11) is 1.40. The van der Waals surface area contributed by atoms with Crippen LogP contribution in [-0.2, 0) is 0 Å². The lowest BCUT2D eigenvalue weighted by atomic mass is 9.91. The molecule has 0 saturated heterocycles. The van der Waals surface area contributed by atoms with Crippen molar-refractivity contribution in [2.45, 2.75) is 38.1 Å². The minimum Gasteiger partial charge on any atom is -0.0885 e. The van der Waals surface area contributed by atoms with Gasteiger partial charge >= 0.3 is 0 Å². The molecule has 0 saturated carbocycles. The Kier molecular flexibility index (Phi) is 3.81. The molecule has 0 heterocycles. The first-order valence-electron chi connectivity index (χ1n) is 4.58. The highest BCUT2D eigenvalue weighted by Crippen LogP contribution is 2.22. The third-order valence-electron chi connectivity index (χ3n) is 2.34. The fourth-order valence-electron chi connectivity index (χ4n) is 1.61. The second-order valence-electron chi connectivity index (χ2n) is 3.29. The van der Waals surface area contributed by atoms with Crippen molar-refractivity contribution in [3.8, 4) is 0 Å². The van der Waals surface area contributed by atoms with Crippen LogP contribution < -0.4 is 0 Å². The van der Waals surface area contributed by atoms with E-state index >= 15 is 0 Å². The smallest absolute Gasteiger partial charge is 0.00279 e. The molecule has 1 aliphatic carbocycles. The van der Waals surface area contributed by atoms with Gasteiger partial charge in [0.05, 0.1) is 0 Å². The summed E-state index contributed by atoms with van der Waals surface area (Å²) < 4.78 is 0. The van der Waals surface area contributed by atoms with E-state index in [-0.39, 0.29) is 0 Å². The third-order valence-corrected chi connectivity index (χ3v) is 3.05. The van der Waals surface area contributed by atoms with E-state index in [0.717, 1.165) is 5.92 Å². The topological polar surface area (TPSA) is 0 Å². The molecule has 0 spiro atoms. The summed E-state index contributed by atoms with van der Waals surface area (Å²) in [6.45, 7) is 0. The summed E-state index contributed by atoms with van der Waals surface area (Å²) in [6.07, 6.45) is 11.8. The van der Waals surface area contributed by atoms with Crippen LogP contribution in [0.25, 0.3) is 0 Å². The van der Waals surface area contributed by atoms with Crippen LogP contribution in [0, 0.1) is 5.92 Å². The Labute approximate surface area is 67.1 Å². The number of allylic oxidation sites excluding steroid dienone is 2. The highest BCUT2D eigenvalue weighted by atomic mass is 28.1. The van der Waals surface area contributed by atoms with Crippen LogP contribution in [0.1, 0.15) is 32.1 Å². The summed E-state index contributed by atoms with van der Waals surface area (Å²) in [5.74, 6) is 1.04. The van der Waals surface area contributed by atoms with Crippen molar-refractivity contribution in [1.82, 2.24) is 0 Å². The Morgan fingerprint density at radius 3 is 2.90 bits per heavy atom. The highest BCUT2D eigenvalue weighted by Gasteiger charge is 2.07. The van der Waals surface area contributed by atoms with Crippen LogP contribution in [0.3, 0.4) is 0 Å². The Morgan fingerprint density at radius 2 is 2.30 bits per heavy atom. The van der Waals surface area contributed by atoms with Crippen molar-refractivity contribution < 1.29 is 0 Å². The van der Waals surface area contributed by atoms with E-state index in [4.69, 9.17) is 0 Å². The van der Waals surface area contributed by atoms with Gasteiger partial charge < -0.3 is 0 Å². The maximum atomic E-state index is 2.36. The Balaban J connectivity index is 2.10. The van der Waals surface area contributed by atoms with Gasteiger partial charge in [0.15, 0.2) is 0 Å². The lowest BCUT2D eigenvalue weighted by Crippen LogP contribution is -2.01. The van der Waals surface area contributed by atoms with Gasteiger partial charge in [-0.05, 0) is 25.2 Å². The largest absolute Gasteiger partial charge is 0.0885 e. The van der Waals surface area contributed by atoms with E-state index in [2.05, 4.69) is 12.2 Å². The average Bonchev–Trinajstić information content (AvgIpc) is 2.03. The molecule has 1 rings (SSSR count). The predicted molar refractivity (Wildman–Crippen MR) is 50.5 cm³/mol. The molecule has 0 aromatic carbocycles. The summed E-state index contributed by atoms with van der Waals surface area (Å²) in [5.41, 5.74) is 0. The van der Waals surface area contributed by atoms with Crippen LogP contribution in [0.15, 0.2) is 12.2 Å². The Morgan fingerprint density at radius 1 is 1.40 bits per heavy atom.